The lowest BCUT2D eigenvalue weighted by Crippen LogP contribution is -1.97. The Morgan fingerprint density at radius 1 is 0.447 bits per heavy atom. The van der Waals surface area contributed by atoms with Crippen molar-refractivity contribution in [2.75, 3.05) is 0 Å². The van der Waals surface area contributed by atoms with Crippen LogP contribution in [0.3, 0.4) is 0 Å². The van der Waals surface area contributed by atoms with Crippen molar-refractivity contribution < 1.29 is 0 Å². The first-order chi connectivity index (χ1) is 18.9. The number of hydrogen-bond acceptors (Lipinski definition) is 2. The lowest BCUT2D eigenvalue weighted by molar-refractivity contribution is 1.18. The minimum absolute atomic E-state index is 1.14. The van der Waals surface area contributed by atoms with Gasteiger partial charge in [-0.3, -0.25) is 4.98 Å². The van der Waals surface area contributed by atoms with Crippen LogP contribution in [0.25, 0.3) is 69.2 Å². The summed E-state index contributed by atoms with van der Waals surface area (Å²) in [6.07, 6.45) is 3.86. The van der Waals surface area contributed by atoms with Gasteiger partial charge in [-0.2, -0.15) is 0 Å². The summed E-state index contributed by atoms with van der Waals surface area (Å²) in [6.45, 7) is 0. The maximum absolute atomic E-state index is 4.36. The van der Waals surface area contributed by atoms with Gasteiger partial charge in [0.25, 0.3) is 0 Å². The molecule has 38 heavy (non-hydrogen) atoms. The number of para-hydroxylation sites is 2. The molecule has 0 unspecified atom stereocenters. The number of rotatable bonds is 1. The highest BCUT2D eigenvalue weighted by Gasteiger charge is 2.12. The third kappa shape index (κ3) is 3.16. The molecular formula is C35H22N2S. The summed E-state index contributed by atoms with van der Waals surface area (Å²) in [5, 5.41) is 9.92. The van der Waals surface area contributed by atoms with Gasteiger partial charge in [0, 0.05) is 44.3 Å². The molecule has 0 fully saturated rings. The van der Waals surface area contributed by atoms with Crippen molar-refractivity contribution in [1.29, 1.82) is 0 Å². The molecule has 3 heterocycles. The average molecular weight is 503 g/mol. The summed E-state index contributed by atoms with van der Waals surface area (Å²) in [4.78, 5) is 4.36. The predicted octanol–water partition coefficient (Wildman–Crippen LogP) is 9.98. The number of pyridine rings is 1. The van der Waals surface area contributed by atoms with Crippen LogP contribution in [0, 0.1) is 0 Å². The third-order valence-corrected chi connectivity index (χ3v) is 8.65. The molecule has 8 aromatic rings. The monoisotopic (exact) mass is 502 g/mol. The zero-order chi connectivity index (χ0) is 25.1. The van der Waals surface area contributed by atoms with Gasteiger partial charge in [0.05, 0.1) is 15.7 Å². The van der Waals surface area contributed by atoms with Gasteiger partial charge in [0.15, 0.2) is 0 Å². The van der Waals surface area contributed by atoms with Crippen LogP contribution < -0.4 is 0 Å². The van der Waals surface area contributed by atoms with Crippen LogP contribution in [0.15, 0.2) is 134 Å². The zero-order valence-electron chi connectivity index (χ0n) is 20.5. The maximum atomic E-state index is 4.36. The Balaban J connectivity index is 1.68. The van der Waals surface area contributed by atoms with Gasteiger partial charge in [-0.1, -0.05) is 84.9 Å². The highest BCUT2D eigenvalue weighted by Crippen LogP contribution is 2.37. The Morgan fingerprint density at radius 3 is 1.58 bits per heavy atom. The van der Waals surface area contributed by atoms with Gasteiger partial charge in [0.2, 0.25) is 0 Å². The average Bonchev–Trinajstić information content (AvgIpc) is 3.37. The number of hydrogen-bond donors (Lipinski definition) is 0. The van der Waals surface area contributed by atoms with Crippen molar-refractivity contribution in [3.8, 4) is 5.69 Å². The number of benzene rings is 5. The van der Waals surface area contributed by atoms with Crippen LogP contribution >= 0.6 is 11.3 Å². The van der Waals surface area contributed by atoms with Crippen molar-refractivity contribution >= 4 is 74.9 Å². The van der Waals surface area contributed by atoms with Crippen LogP contribution in [0.1, 0.15) is 0 Å². The molecule has 0 aliphatic rings. The Bertz CT molecular complexity index is 2150. The lowest BCUT2D eigenvalue weighted by atomic mass is 10.0. The van der Waals surface area contributed by atoms with Gasteiger partial charge in [-0.25, -0.2) is 0 Å². The van der Waals surface area contributed by atoms with Gasteiger partial charge in [-0.15, -0.1) is 11.3 Å². The van der Waals surface area contributed by atoms with E-state index in [2.05, 4.69) is 131 Å². The van der Waals surface area contributed by atoms with Gasteiger partial charge in [0.1, 0.15) is 0 Å². The summed E-state index contributed by atoms with van der Waals surface area (Å²) in [6, 6.07) is 44.2. The Morgan fingerprint density at radius 2 is 0.974 bits per heavy atom. The smallest absolute Gasteiger partial charge is 0.0540 e. The molecule has 0 N–H and O–H groups in total. The number of aromatic nitrogens is 2. The van der Waals surface area contributed by atoms with E-state index >= 15 is 0 Å². The van der Waals surface area contributed by atoms with E-state index in [0.29, 0.717) is 0 Å². The quantitative estimate of drug-likeness (QED) is 0.218. The molecule has 0 aliphatic heterocycles. The van der Waals surface area contributed by atoms with Crippen LogP contribution in [0.5, 0.6) is 0 Å². The number of fused-ring (bicyclic) bond motifs is 10. The molecule has 3 heteroatoms. The lowest BCUT2D eigenvalue weighted by Gasteiger charge is -2.14. The second kappa shape index (κ2) is 8.41. The molecule has 0 radical (unpaired) electrons. The third-order valence-electron chi connectivity index (χ3n) is 7.53. The molecule has 8 rings (SSSR count). The minimum atomic E-state index is 1.14. The Hall–Kier alpha value is -4.73. The van der Waals surface area contributed by atoms with Crippen molar-refractivity contribution in [3.05, 3.63) is 134 Å². The van der Waals surface area contributed by atoms with E-state index in [-0.39, 0.29) is 0 Å². The minimum Gasteiger partial charge on any atom is -0.309 e. The van der Waals surface area contributed by atoms with E-state index in [9.17, 15) is 0 Å². The SMILES string of the molecule is c1ccc2c(c1)c1ccccc1c1ccccc1n(-c1ccc3sc4cnccc4c3c1)c1ccccc21. The first-order valence-electron chi connectivity index (χ1n) is 12.8. The van der Waals surface area contributed by atoms with Crippen LogP contribution in [0.2, 0.25) is 0 Å². The van der Waals surface area contributed by atoms with Crippen molar-refractivity contribution in [2.24, 2.45) is 0 Å². The summed E-state index contributed by atoms with van der Waals surface area (Å²) in [5.74, 6) is 0. The largest absolute Gasteiger partial charge is 0.309 e. The summed E-state index contributed by atoms with van der Waals surface area (Å²) in [7, 11) is 0. The molecular weight excluding hydrogens is 480 g/mol. The summed E-state index contributed by atoms with van der Waals surface area (Å²) < 4.78 is 4.93. The van der Waals surface area contributed by atoms with Gasteiger partial charge < -0.3 is 4.57 Å². The number of thiophene rings is 1. The predicted molar refractivity (Wildman–Crippen MR) is 164 cm³/mol. The van der Waals surface area contributed by atoms with E-state index in [1.165, 1.54) is 63.5 Å². The normalized spacial score (nSPS) is 11.7. The molecule has 0 amide bonds. The molecule has 0 saturated carbocycles. The molecule has 5 aromatic carbocycles. The number of nitrogens with zero attached hydrogens (tertiary/aromatic N) is 2. The molecule has 178 valence electrons. The highest BCUT2D eigenvalue weighted by molar-refractivity contribution is 7.25. The first kappa shape index (κ1) is 21.4. The van der Waals surface area contributed by atoms with Crippen LogP contribution in [0.4, 0.5) is 0 Å². The van der Waals surface area contributed by atoms with E-state index in [0.717, 1.165) is 5.69 Å². The zero-order valence-corrected chi connectivity index (χ0v) is 21.3. The fraction of sp³-hybridized carbons (Fsp3) is 0. The van der Waals surface area contributed by atoms with E-state index < -0.39 is 0 Å². The molecule has 0 atom stereocenters. The summed E-state index contributed by atoms with van der Waals surface area (Å²) >= 11 is 1.80. The molecule has 0 spiro atoms. The fourth-order valence-corrected chi connectivity index (χ4v) is 6.92. The van der Waals surface area contributed by atoms with Crippen molar-refractivity contribution in [3.63, 3.8) is 0 Å². The van der Waals surface area contributed by atoms with Gasteiger partial charge >= 0.3 is 0 Å². The highest BCUT2D eigenvalue weighted by atomic mass is 32.1. The Kier molecular flexibility index (Phi) is 4.73. The van der Waals surface area contributed by atoms with Crippen LogP contribution in [-0.4, -0.2) is 9.55 Å². The summed E-state index contributed by atoms with van der Waals surface area (Å²) in [5.41, 5.74) is 3.48. The van der Waals surface area contributed by atoms with Crippen molar-refractivity contribution in [2.45, 2.75) is 0 Å². The second-order valence-corrected chi connectivity index (χ2v) is 10.7. The first-order valence-corrected chi connectivity index (χ1v) is 13.6. The maximum Gasteiger partial charge on any atom is 0.0540 e. The standard InChI is InChI=1S/C35H22N2S/c1-3-11-26-24(9-1)25-10-2-4-12-27(25)29-14-6-8-16-33(29)37(32-15-7-5-13-28(26)32)23-17-18-34-31(21-23)30-19-20-36-22-35(30)38-34/h1-22H. The topological polar surface area (TPSA) is 17.8 Å². The van der Waals surface area contributed by atoms with E-state index in [4.69, 9.17) is 0 Å². The van der Waals surface area contributed by atoms with Crippen molar-refractivity contribution in [1.82, 2.24) is 9.55 Å². The van der Waals surface area contributed by atoms with Crippen LogP contribution in [-0.2, 0) is 0 Å². The molecule has 2 nitrogen and oxygen atoms in total. The fourth-order valence-electron chi connectivity index (χ4n) is 5.87. The van der Waals surface area contributed by atoms with E-state index in [1.807, 2.05) is 12.4 Å². The molecule has 0 saturated heterocycles. The van der Waals surface area contributed by atoms with Gasteiger partial charge in [-0.05, 0) is 57.9 Å². The molecule has 0 bridgehead atoms. The Labute approximate surface area is 223 Å². The second-order valence-electron chi connectivity index (χ2n) is 9.62. The van der Waals surface area contributed by atoms with E-state index in [1.54, 1.807) is 11.3 Å². The molecule has 0 aliphatic carbocycles. The molecule has 3 aromatic heterocycles.